The van der Waals surface area contributed by atoms with Gasteiger partial charge in [-0.2, -0.15) is 0 Å². The molecule has 84 valence electrons. The summed E-state index contributed by atoms with van der Waals surface area (Å²) in [6.45, 7) is 1.05. The highest BCUT2D eigenvalue weighted by Crippen LogP contribution is 2.22. The second-order valence-corrected chi connectivity index (χ2v) is 3.80. The molecule has 4 heteroatoms. The maximum atomic E-state index is 11.9. The molecule has 0 spiro atoms. The minimum Gasteiger partial charge on any atom is -0.330 e. The number of nitrogens with zero attached hydrogens (tertiary/aromatic N) is 1. The number of imide groups is 1. The van der Waals surface area contributed by atoms with E-state index in [4.69, 9.17) is 5.73 Å². The Balaban J connectivity index is 2.15. The minimum atomic E-state index is -0.183. The predicted octanol–water partition coefficient (Wildman–Crippen LogP) is 1.02. The zero-order valence-electron chi connectivity index (χ0n) is 8.98. The van der Waals surface area contributed by atoms with E-state index in [0.717, 1.165) is 12.8 Å². The molecule has 0 atom stereocenters. The van der Waals surface area contributed by atoms with Crippen LogP contribution in [0.25, 0.3) is 0 Å². The first-order valence-electron chi connectivity index (χ1n) is 5.41. The van der Waals surface area contributed by atoms with Crippen LogP contribution in [0.3, 0.4) is 0 Å². The van der Waals surface area contributed by atoms with Crippen molar-refractivity contribution in [3.05, 3.63) is 35.4 Å². The molecule has 16 heavy (non-hydrogen) atoms. The fraction of sp³-hybridized carbons (Fsp3) is 0.333. The van der Waals surface area contributed by atoms with Crippen molar-refractivity contribution in [2.24, 2.45) is 5.73 Å². The first kappa shape index (κ1) is 10.8. The molecule has 1 aromatic rings. The number of amides is 2. The van der Waals surface area contributed by atoms with E-state index >= 15 is 0 Å². The van der Waals surface area contributed by atoms with Crippen LogP contribution in [0.15, 0.2) is 24.3 Å². The van der Waals surface area contributed by atoms with Crippen LogP contribution < -0.4 is 5.73 Å². The molecule has 0 saturated heterocycles. The van der Waals surface area contributed by atoms with Crippen molar-refractivity contribution < 1.29 is 9.59 Å². The largest absolute Gasteiger partial charge is 0.330 e. The Hall–Kier alpha value is -1.68. The summed E-state index contributed by atoms with van der Waals surface area (Å²) in [4.78, 5) is 25.1. The zero-order chi connectivity index (χ0) is 11.5. The van der Waals surface area contributed by atoms with Crippen LogP contribution in [0, 0.1) is 0 Å². The van der Waals surface area contributed by atoms with Gasteiger partial charge < -0.3 is 5.73 Å². The number of nitrogens with two attached hydrogens (primary N) is 1. The van der Waals surface area contributed by atoms with E-state index in [2.05, 4.69) is 0 Å². The second-order valence-electron chi connectivity index (χ2n) is 3.80. The lowest BCUT2D eigenvalue weighted by Crippen LogP contribution is -2.30. The molecule has 0 unspecified atom stereocenters. The monoisotopic (exact) mass is 218 g/mol. The molecule has 1 aromatic carbocycles. The molecule has 1 heterocycles. The number of unbranched alkanes of at least 4 members (excludes halogenated alkanes) is 1. The SMILES string of the molecule is NCCCCN1C(=O)c2ccccc2C1=O. The van der Waals surface area contributed by atoms with Gasteiger partial charge in [-0.05, 0) is 31.5 Å². The van der Waals surface area contributed by atoms with Crippen LogP contribution >= 0.6 is 0 Å². The van der Waals surface area contributed by atoms with Gasteiger partial charge in [0, 0.05) is 6.54 Å². The van der Waals surface area contributed by atoms with E-state index < -0.39 is 0 Å². The molecule has 0 fully saturated rings. The average molecular weight is 218 g/mol. The van der Waals surface area contributed by atoms with Crippen LogP contribution in [-0.4, -0.2) is 29.8 Å². The number of hydrogen-bond acceptors (Lipinski definition) is 3. The van der Waals surface area contributed by atoms with Crippen molar-refractivity contribution in [2.75, 3.05) is 13.1 Å². The lowest BCUT2D eigenvalue weighted by atomic mass is 10.1. The number of benzene rings is 1. The molecule has 2 N–H and O–H groups in total. The van der Waals surface area contributed by atoms with Crippen molar-refractivity contribution >= 4 is 11.8 Å². The Morgan fingerprint density at radius 2 is 1.56 bits per heavy atom. The van der Waals surface area contributed by atoms with Gasteiger partial charge in [-0.25, -0.2) is 0 Å². The Bertz CT molecular complexity index is 394. The topological polar surface area (TPSA) is 63.4 Å². The van der Waals surface area contributed by atoms with E-state index in [9.17, 15) is 9.59 Å². The van der Waals surface area contributed by atoms with Gasteiger partial charge in [0.15, 0.2) is 0 Å². The van der Waals surface area contributed by atoms with E-state index in [-0.39, 0.29) is 11.8 Å². The van der Waals surface area contributed by atoms with Crippen molar-refractivity contribution in [2.45, 2.75) is 12.8 Å². The molecule has 0 aromatic heterocycles. The van der Waals surface area contributed by atoms with E-state index in [0.29, 0.717) is 24.2 Å². The summed E-state index contributed by atoms with van der Waals surface area (Å²) in [6.07, 6.45) is 1.59. The van der Waals surface area contributed by atoms with Crippen LogP contribution in [0.5, 0.6) is 0 Å². The predicted molar refractivity (Wildman–Crippen MR) is 60.1 cm³/mol. The van der Waals surface area contributed by atoms with Crippen LogP contribution in [0.1, 0.15) is 33.6 Å². The third kappa shape index (κ3) is 1.72. The third-order valence-corrected chi connectivity index (χ3v) is 2.71. The summed E-state index contributed by atoms with van der Waals surface area (Å²) < 4.78 is 0. The van der Waals surface area contributed by atoms with Crippen molar-refractivity contribution in [3.8, 4) is 0 Å². The first-order valence-corrected chi connectivity index (χ1v) is 5.41. The van der Waals surface area contributed by atoms with Gasteiger partial charge >= 0.3 is 0 Å². The second kappa shape index (κ2) is 4.45. The van der Waals surface area contributed by atoms with E-state index in [1.807, 2.05) is 0 Å². The zero-order valence-corrected chi connectivity index (χ0v) is 8.98. The van der Waals surface area contributed by atoms with Gasteiger partial charge in [-0.3, -0.25) is 14.5 Å². The molecule has 0 saturated carbocycles. The minimum absolute atomic E-state index is 0.183. The van der Waals surface area contributed by atoms with Gasteiger partial charge in [0.1, 0.15) is 0 Å². The normalized spacial score (nSPS) is 14.4. The smallest absolute Gasteiger partial charge is 0.261 e. The summed E-state index contributed by atoms with van der Waals surface area (Å²) >= 11 is 0. The van der Waals surface area contributed by atoms with Crippen LogP contribution in [0.2, 0.25) is 0 Å². The molecule has 2 rings (SSSR count). The number of carbonyl (C=O) groups is 2. The Labute approximate surface area is 94.0 Å². The van der Waals surface area contributed by atoms with Crippen LogP contribution in [0.4, 0.5) is 0 Å². The fourth-order valence-corrected chi connectivity index (χ4v) is 1.86. The van der Waals surface area contributed by atoms with E-state index in [1.54, 1.807) is 24.3 Å². The number of fused-ring (bicyclic) bond motifs is 1. The average Bonchev–Trinajstić information content (AvgIpc) is 2.55. The fourth-order valence-electron chi connectivity index (χ4n) is 1.86. The van der Waals surface area contributed by atoms with Gasteiger partial charge in [-0.15, -0.1) is 0 Å². The van der Waals surface area contributed by atoms with Crippen LogP contribution in [-0.2, 0) is 0 Å². The highest BCUT2D eigenvalue weighted by molar-refractivity contribution is 6.21. The van der Waals surface area contributed by atoms with Gasteiger partial charge in [-0.1, -0.05) is 12.1 Å². The Morgan fingerprint density at radius 3 is 2.06 bits per heavy atom. The standard InChI is InChI=1S/C12H14N2O2/c13-7-3-4-8-14-11(15)9-5-1-2-6-10(9)12(14)16/h1-2,5-6H,3-4,7-8,13H2. The van der Waals surface area contributed by atoms with Gasteiger partial charge in [0.05, 0.1) is 11.1 Å². The molecule has 2 amide bonds. The molecular formula is C12H14N2O2. The Kier molecular flexibility index (Phi) is 3.01. The van der Waals surface area contributed by atoms with Crippen molar-refractivity contribution in [1.82, 2.24) is 4.90 Å². The summed E-state index contributed by atoms with van der Waals surface area (Å²) in [7, 11) is 0. The molecule has 0 bridgehead atoms. The lowest BCUT2D eigenvalue weighted by Gasteiger charge is -2.12. The number of rotatable bonds is 4. The molecule has 4 nitrogen and oxygen atoms in total. The van der Waals surface area contributed by atoms with Gasteiger partial charge in [0.2, 0.25) is 0 Å². The quantitative estimate of drug-likeness (QED) is 0.606. The van der Waals surface area contributed by atoms with Crippen molar-refractivity contribution in [3.63, 3.8) is 0 Å². The highest BCUT2D eigenvalue weighted by atomic mass is 16.2. The lowest BCUT2D eigenvalue weighted by molar-refractivity contribution is 0.0652. The molecule has 1 aliphatic heterocycles. The summed E-state index contributed by atoms with van der Waals surface area (Å²) in [5.74, 6) is -0.366. The highest BCUT2D eigenvalue weighted by Gasteiger charge is 2.34. The summed E-state index contributed by atoms with van der Waals surface area (Å²) in [5.41, 5.74) is 6.41. The van der Waals surface area contributed by atoms with Gasteiger partial charge in [0.25, 0.3) is 11.8 Å². The summed E-state index contributed by atoms with van der Waals surface area (Å²) in [5, 5.41) is 0. The Morgan fingerprint density at radius 1 is 1.00 bits per heavy atom. The first-order chi connectivity index (χ1) is 7.75. The molecular weight excluding hydrogens is 204 g/mol. The number of hydrogen-bond donors (Lipinski definition) is 1. The maximum Gasteiger partial charge on any atom is 0.261 e. The van der Waals surface area contributed by atoms with E-state index in [1.165, 1.54) is 4.90 Å². The maximum absolute atomic E-state index is 11.9. The number of carbonyl (C=O) groups excluding carboxylic acids is 2. The van der Waals surface area contributed by atoms with Crippen molar-refractivity contribution in [1.29, 1.82) is 0 Å². The molecule has 0 aliphatic carbocycles. The summed E-state index contributed by atoms with van der Waals surface area (Å²) in [6, 6.07) is 6.93. The molecule has 0 radical (unpaired) electrons. The molecule has 1 aliphatic rings. The third-order valence-electron chi connectivity index (χ3n) is 2.71.